The molecule has 1 amide bonds. The van der Waals surface area contributed by atoms with E-state index in [0.717, 1.165) is 45.6 Å². The number of thiophene rings is 1. The molecule has 7 heteroatoms. The smallest absolute Gasteiger partial charge is 0.227 e. The molecule has 1 saturated carbocycles. The molecule has 1 aromatic heterocycles. The number of carbonyl (C=O) groups is 1. The zero-order chi connectivity index (χ0) is 16.6. The van der Waals surface area contributed by atoms with E-state index in [4.69, 9.17) is 0 Å². The van der Waals surface area contributed by atoms with Crippen molar-refractivity contribution in [1.82, 2.24) is 15.5 Å². The van der Waals surface area contributed by atoms with Gasteiger partial charge in [0.1, 0.15) is 0 Å². The van der Waals surface area contributed by atoms with Gasteiger partial charge in [-0.1, -0.05) is 12.8 Å². The number of fused-ring (bicyclic) bond motifs is 2. The largest absolute Gasteiger partial charge is 0.354 e. The molecule has 1 aromatic rings. The second kappa shape index (κ2) is 9.24. The number of rotatable bonds is 4. The van der Waals surface area contributed by atoms with Gasteiger partial charge in [-0.25, -0.2) is 0 Å². The van der Waals surface area contributed by atoms with Crippen LogP contribution >= 0.6 is 36.2 Å². The molecule has 4 nitrogen and oxygen atoms in total. The highest BCUT2D eigenvalue weighted by Gasteiger charge is 2.49. The zero-order valence-electron chi connectivity index (χ0n) is 15.5. The summed E-state index contributed by atoms with van der Waals surface area (Å²) in [6.07, 6.45) is 5.92. The van der Waals surface area contributed by atoms with Crippen molar-refractivity contribution in [2.45, 2.75) is 51.6 Å². The van der Waals surface area contributed by atoms with E-state index in [1.165, 1.54) is 24.8 Å². The van der Waals surface area contributed by atoms with Crippen LogP contribution in [0.2, 0.25) is 0 Å². The van der Waals surface area contributed by atoms with E-state index in [9.17, 15) is 4.79 Å². The van der Waals surface area contributed by atoms with Crippen molar-refractivity contribution >= 4 is 42.1 Å². The fraction of sp³-hybridized carbons (Fsp3) is 0.737. The number of nitrogens with zero attached hydrogens (tertiary/aromatic N) is 1. The fourth-order valence-corrected chi connectivity index (χ4v) is 5.77. The van der Waals surface area contributed by atoms with Crippen molar-refractivity contribution in [2.24, 2.45) is 11.3 Å². The van der Waals surface area contributed by atoms with E-state index >= 15 is 0 Å². The maximum atomic E-state index is 13.0. The van der Waals surface area contributed by atoms with Crippen LogP contribution in [0.4, 0.5) is 0 Å². The minimum atomic E-state index is -0.125. The van der Waals surface area contributed by atoms with Gasteiger partial charge in [-0.05, 0) is 55.7 Å². The summed E-state index contributed by atoms with van der Waals surface area (Å²) in [5.41, 5.74) is 1.36. The number of hydrogen-bond donors (Lipinski definition) is 2. The Morgan fingerprint density at radius 1 is 1.46 bits per heavy atom. The molecule has 0 aromatic carbocycles. The molecular weight excluding hydrogens is 389 g/mol. The Morgan fingerprint density at radius 3 is 3.15 bits per heavy atom. The van der Waals surface area contributed by atoms with Gasteiger partial charge in [-0.3, -0.25) is 9.69 Å². The number of amides is 1. The van der Waals surface area contributed by atoms with Crippen molar-refractivity contribution in [3.05, 3.63) is 21.9 Å². The van der Waals surface area contributed by atoms with Gasteiger partial charge >= 0.3 is 0 Å². The minimum Gasteiger partial charge on any atom is -0.354 e. The van der Waals surface area contributed by atoms with Gasteiger partial charge in [0.15, 0.2) is 0 Å². The lowest BCUT2D eigenvalue weighted by atomic mass is 9.67. The molecule has 0 bridgehead atoms. The van der Waals surface area contributed by atoms with Crippen LogP contribution in [-0.4, -0.2) is 43.0 Å². The first kappa shape index (κ1) is 22.0. The van der Waals surface area contributed by atoms with Crippen molar-refractivity contribution < 1.29 is 4.79 Å². The van der Waals surface area contributed by atoms with Crippen molar-refractivity contribution in [3.63, 3.8) is 0 Å². The summed E-state index contributed by atoms with van der Waals surface area (Å²) in [4.78, 5) is 17.0. The SMILES string of the molecule is CC(CNC(=O)[C@@]12CCCC[C@H]1CNC2)N1CCc2sccc2C1.Cl.Cl. The first-order chi connectivity index (χ1) is 11.7. The predicted octanol–water partition coefficient (Wildman–Crippen LogP) is 3.23. The van der Waals surface area contributed by atoms with Crippen molar-refractivity contribution in [2.75, 3.05) is 26.2 Å². The third-order valence-corrected chi connectivity index (χ3v) is 7.53. The molecule has 2 aliphatic heterocycles. The van der Waals surface area contributed by atoms with Crippen LogP contribution in [0.15, 0.2) is 11.4 Å². The molecule has 0 radical (unpaired) electrons. The number of nitrogens with one attached hydrogen (secondary N) is 2. The third kappa shape index (κ3) is 4.07. The van der Waals surface area contributed by atoms with Crippen LogP contribution < -0.4 is 10.6 Å². The quantitative estimate of drug-likeness (QED) is 0.786. The van der Waals surface area contributed by atoms with Gasteiger partial charge in [-0.2, -0.15) is 0 Å². The van der Waals surface area contributed by atoms with Crippen LogP contribution in [0.3, 0.4) is 0 Å². The Labute approximate surface area is 173 Å². The molecule has 3 aliphatic rings. The van der Waals surface area contributed by atoms with Crippen LogP contribution in [0.5, 0.6) is 0 Å². The number of hydrogen-bond acceptors (Lipinski definition) is 4. The summed E-state index contributed by atoms with van der Waals surface area (Å²) in [5, 5.41) is 8.99. The average molecular weight is 420 g/mol. The van der Waals surface area contributed by atoms with E-state index in [0.29, 0.717) is 17.9 Å². The average Bonchev–Trinajstić information content (AvgIpc) is 3.25. The summed E-state index contributed by atoms with van der Waals surface area (Å²) in [5.74, 6) is 0.849. The topological polar surface area (TPSA) is 44.4 Å². The van der Waals surface area contributed by atoms with Gasteiger partial charge < -0.3 is 10.6 Å². The monoisotopic (exact) mass is 419 g/mol. The summed E-state index contributed by atoms with van der Waals surface area (Å²) >= 11 is 1.88. The number of carbonyl (C=O) groups excluding carboxylic acids is 1. The molecular formula is C19H31Cl2N3OS. The van der Waals surface area contributed by atoms with Crippen LogP contribution in [0.1, 0.15) is 43.0 Å². The molecule has 0 spiro atoms. The van der Waals surface area contributed by atoms with Crippen LogP contribution in [-0.2, 0) is 17.8 Å². The predicted molar refractivity (Wildman–Crippen MR) is 113 cm³/mol. The summed E-state index contributed by atoms with van der Waals surface area (Å²) < 4.78 is 0. The molecule has 2 N–H and O–H groups in total. The lowest BCUT2D eigenvalue weighted by molar-refractivity contribution is -0.134. The van der Waals surface area contributed by atoms with Gasteiger partial charge in [0.25, 0.3) is 0 Å². The molecule has 1 unspecified atom stereocenters. The Hall–Kier alpha value is -0.330. The molecule has 1 saturated heterocycles. The molecule has 3 atom stereocenters. The fourth-order valence-electron chi connectivity index (χ4n) is 4.88. The minimum absolute atomic E-state index is 0. The Balaban J connectivity index is 0.00000121. The van der Waals surface area contributed by atoms with E-state index in [2.05, 4.69) is 33.9 Å². The molecule has 26 heavy (non-hydrogen) atoms. The van der Waals surface area contributed by atoms with Crippen molar-refractivity contribution in [3.8, 4) is 0 Å². The third-order valence-electron chi connectivity index (χ3n) is 6.51. The lowest BCUT2D eigenvalue weighted by Gasteiger charge is -2.38. The van der Waals surface area contributed by atoms with Crippen molar-refractivity contribution in [1.29, 1.82) is 0 Å². The molecule has 1 aliphatic carbocycles. The first-order valence-electron chi connectivity index (χ1n) is 9.47. The van der Waals surface area contributed by atoms with E-state index in [-0.39, 0.29) is 30.2 Å². The first-order valence-corrected chi connectivity index (χ1v) is 10.4. The number of halogens is 2. The zero-order valence-corrected chi connectivity index (χ0v) is 17.9. The van der Waals surface area contributed by atoms with E-state index in [1.807, 2.05) is 11.3 Å². The Kier molecular flexibility index (Phi) is 7.81. The van der Waals surface area contributed by atoms with E-state index in [1.54, 1.807) is 4.88 Å². The maximum Gasteiger partial charge on any atom is 0.227 e. The molecule has 4 rings (SSSR count). The molecule has 148 valence electrons. The highest BCUT2D eigenvalue weighted by molar-refractivity contribution is 7.10. The Morgan fingerprint density at radius 2 is 2.31 bits per heavy atom. The standard InChI is InChI=1S/C19H29N3OS.2ClH/c1-14(22-8-5-17-15(12-22)6-9-24-17)10-21-18(23)19-7-3-2-4-16(19)11-20-13-19;;/h6,9,14,16,20H,2-5,7-8,10-13H2,1H3,(H,21,23);2*1H/t14?,16-,19+;;/m0../s1. The van der Waals surface area contributed by atoms with Gasteiger partial charge in [0, 0.05) is 37.1 Å². The normalized spacial score (nSPS) is 28.9. The summed E-state index contributed by atoms with van der Waals surface area (Å²) in [6, 6.07) is 2.66. The molecule has 3 heterocycles. The second-order valence-corrected chi connectivity index (χ2v) is 8.88. The lowest BCUT2D eigenvalue weighted by Crippen LogP contribution is -2.51. The highest BCUT2D eigenvalue weighted by atomic mass is 35.5. The summed E-state index contributed by atoms with van der Waals surface area (Å²) in [6.45, 7) is 7.06. The van der Waals surface area contributed by atoms with Crippen LogP contribution in [0.25, 0.3) is 0 Å². The van der Waals surface area contributed by atoms with Crippen LogP contribution in [0, 0.1) is 11.3 Å². The van der Waals surface area contributed by atoms with E-state index < -0.39 is 0 Å². The maximum absolute atomic E-state index is 13.0. The van der Waals surface area contributed by atoms with Gasteiger partial charge in [-0.15, -0.1) is 36.2 Å². The second-order valence-electron chi connectivity index (χ2n) is 7.88. The molecule has 2 fully saturated rings. The van der Waals surface area contributed by atoms with Gasteiger partial charge in [0.05, 0.1) is 5.41 Å². The highest BCUT2D eigenvalue weighted by Crippen LogP contribution is 2.43. The van der Waals surface area contributed by atoms with Gasteiger partial charge in [0.2, 0.25) is 5.91 Å². The Bertz CT molecular complexity index is 611. The summed E-state index contributed by atoms with van der Waals surface area (Å²) in [7, 11) is 0.